The van der Waals surface area contributed by atoms with Crippen molar-refractivity contribution in [1.82, 2.24) is 0 Å². The topological polar surface area (TPSA) is 38.3 Å². The number of benzene rings is 3. The van der Waals surface area contributed by atoms with Gasteiger partial charge in [-0.05, 0) is 74.0 Å². The highest BCUT2D eigenvalue weighted by atomic mass is 35.5. The van der Waals surface area contributed by atoms with Crippen LogP contribution >= 0.6 is 11.6 Å². The Bertz CT molecular complexity index is 887. The number of anilines is 1. The molecule has 0 unspecified atom stereocenters. The number of ether oxygens (including phenoxy) is 1. The highest BCUT2D eigenvalue weighted by Gasteiger charge is 2.09. The quantitative estimate of drug-likeness (QED) is 0.625. The zero-order valence-electron chi connectivity index (χ0n) is 14.0. The minimum absolute atomic E-state index is 0.121. The summed E-state index contributed by atoms with van der Waals surface area (Å²) in [6, 6.07) is 20.2. The summed E-state index contributed by atoms with van der Waals surface area (Å²) in [5, 5.41) is 3.57. The molecule has 3 nitrogen and oxygen atoms in total. The first kappa shape index (κ1) is 17.1. The number of aryl methyl sites for hydroxylation is 2. The summed E-state index contributed by atoms with van der Waals surface area (Å²) in [6.07, 6.45) is 0. The normalized spacial score (nSPS) is 10.4. The van der Waals surface area contributed by atoms with E-state index in [-0.39, 0.29) is 5.91 Å². The van der Waals surface area contributed by atoms with Crippen molar-refractivity contribution in [3.63, 3.8) is 0 Å². The lowest BCUT2D eigenvalue weighted by Gasteiger charge is -2.10. The van der Waals surface area contributed by atoms with Gasteiger partial charge in [-0.1, -0.05) is 29.3 Å². The van der Waals surface area contributed by atoms with Crippen LogP contribution in [0.4, 0.5) is 5.69 Å². The van der Waals surface area contributed by atoms with Gasteiger partial charge < -0.3 is 10.1 Å². The zero-order chi connectivity index (χ0) is 17.8. The van der Waals surface area contributed by atoms with Crippen molar-refractivity contribution < 1.29 is 9.53 Å². The van der Waals surface area contributed by atoms with Crippen LogP contribution < -0.4 is 10.1 Å². The van der Waals surface area contributed by atoms with Gasteiger partial charge in [-0.25, -0.2) is 0 Å². The minimum atomic E-state index is -0.121. The molecule has 3 aromatic rings. The highest BCUT2D eigenvalue weighted by Crippen LogP contribution is 2.24. The molecule has 1 amide bonds. The number of nitrogens with one attached hydrogen (secondary N) is 1. The molecule has 1 N–H and O–H groups in total. The molecule has 0 aromatic heterocycles. The summed E-state index contributed by atoms with van der Waals surface area (Å²) in [5.41, 5.74) is 3.48. The van der Waals surface area contributed by atoms with E-state index in [9.17, 15) is 4.79 Å². The molecule has 0 fully saturated rings. The predicted octanol–water partition coefficient (Wildman–Crippen LogP) is 6.00. The van der Waals surface area contributed by atoms with E-state index in [0.29, 0.717) is 27.8 Å². The van der Waals surface area contributed by atoms with Gasteiger partial charge in [0.1, 0.15) is 11.5 Å². The molecular weight excluding hydrogens is 334 g/mol. The summed E-state index contributed by atoms with van der Waals surface area (Å²) < 4.78 is 5.74. The third kappa shape index (κ3) is 4.40. The van der Waals surface area contributed by atoms with Crippen molar-refractivity contribution in [2.24, 2.45) is 0 Å². The van der Waals surface area contributed by atoms with Gasteiger partial charge in [0.15, 0.2) is 0 Å². The summed E-state index contributed by atoms with van der Waals surface area (Å²) in [7, 11) is 0. The van der Waals surface area contributed by atoms with Gasteiger partial charge >= 0.3 is 0 Å². The van der Waals surface area contributed by atoms with Crippen LogP contribution in [-0.2, 0) is 0 Å². The highest BCUT2D eigenvalue weighted by molar-refractivity contribution is 6.30. The molecule has 4 heteroatoms. The lowest BCUT2D eigenvalue weighted by molar-refractivity contribution is 0.102. The second kappa shape index (κ2) is 7.41. The van der Waals surface area contributed by atoms with Crippen molar-refractivity contribution in [2.45, 2.75) is 13.8 Å². The molecule has 0 spiro atoms. The smallest absolute Gasteiger partial charge is 0.255 e. The summed E-state index contributed by atoms with van der Waals surface area (Å²) in [5.74, 6) is 1.27. The maximum absolute atomic E-state index is 12.4. The van der Waals surface area contributed by atoms with Gasteiger partial charge in [-0.2, -0.15) is 0 Å². The third-order valence-electron chi connectivity index (χ3n) is 3.79. The van der Waals surface area contributed by atoms with Crippen LogP contribution in [0.25, 0.3) is 0 Å². The first-order valence-corrected chi connectivity index (χ1v) is 8.31. The summed E-state index contributed by atoms with van der Waals surface area (Å²) in [4.78, 5) is 12.4. The van der Waals surface area contributed by atoms with E-state index in [1.807, 2.05) is 56.3 Å². The maximum Gasteiger partial charge on any atom is 0.255 e. The Morgan fingerprint density at radius 3 is 2.08 bits per heavy atom. The summed E-state index contributed by atoms with van der Waals surface area (Å²) in [6.45, 7) is 3.94. The van der Waals surface area contributed by atoms with E-state index < -0.39 is 0 Å². The van der Waals surface area contributed by atoms with Crippen molar-refractivity contribution >= 4 is 23.2 Å². The molecule has 3 rings (SSSR count). The Morgan fingerprint density at radius 2 is 1.48 bits per heavy atom. The Labute approximate surface area is 152 Å². The molecule has 0 saturated heterocycles. The van der Waals surface area contributed by atoms with Crippen LogP contribution in [0, 0.1) is 13.8 Å². The zero-order valence-corrected chi connectivity index (χ0v) is 14.8. The SMILES string of the molecule is Cc1ccc(C(=O)Nc2ccc(Oc3ccc(Cl)cc3)cc2)c(C)c1. The molecule has 0 heterocycles. The van der Waals surface area contributed by atoms with Crippen LogP contribution in [0.1, 0.15) is 21.5 Å². The monoisotopic (exact) mass is 351 g/mol. The Morgan fingerprint density at radius 1 is 0.880 bits per heavy atom. The van der Waals surface area contributed by atoms with Gasteiger partial charge in [0, 0.05) is 16.3 Å². The van der Waals surface area contributed by atoms with Gasteiger partial charge in [0.25, 0.3) is 5.91 Å². The first-order valence-electron chi connectivity index (χ1n) is 7.93. The Balaban J connectivity index is 1.67. The number of rotatable bonds is 4. The average Bonchev–Trinajstić information content (AvgIpc) is 2.58. The number of hydrogen-bond acceptors (Lipinski definition) is 2. The molecule has 3 aromatic carbocycles. The standard InChI is InChI=1S/C21H18ClNO2/c1-14-3-12-20(15(2)13-14)21(24)23-17-6-10-19(11-7-17)25-18-8-4-16(22)5-9-18/h3-13H,1-2H3,(H,23,24). The Kier molecular flexibility index (Phi) is 5.05. The number of amides is 1. The second-order valence-corrected chi connectivity index (χ2v) is 6.29. The molecule has 0 aliphatic rings. The molecule has 25 heavy (non-hydrogen) atoms. The van der Waals surface area contributed by atoms with Gasteiger partial charge in [-0.3, -0.25) is 4.79 Å². The van der Waals surface area contributed by atoms with Crippen LogP contribution in [-0.4, -0.2) is 5.91 Å². The van der Waals surface area contributed by atoms with E-state index in [2.05, 4.69) is 5.32 Å². The second-order valence-electron chi connectivity index (χ2n) is 5.85. The summed E-state index contributed by atoms with van der Waals surface area (Å²) >= 11 is 5.86. The van der Waals surface area contributed by atoms with E-state index in [1.165, 1.54) is 0 Å². The van der Waals surface area contributed by atoms with E-state index in [1.54, 1.807) is 24.3 Å². The molecule has 0 saturated carbocycles. The van der Waals surface area contributed by atoms with Crippen molar-refractivity contribution in [3.05, 3.63) is 88.4 Å². The number of carbonyl (C=O) groups is 1. The molecule has 0 aliphatic carbocycles. The number of carbonyl (C=O) groups excluding carboxylic acids is 1. The molecule has 126 valence electrons. The number of hydrogen-bond donors (Lipinski definition) is 1. The minimum Gasteiger partial charge on any atom is -0.457 e. The lowest BCUT2D eigenvalue weighted by atomic mass is 10.1. The fourth-order valence-electron chi connectivity index (χ4n) is 2.51. The Hall–Kier alpha value is -2.78. The molecule has 0 bridgehead atoms. The molecular formula is C21H18ClNO2. The van der Waals surface area contributed by atoms with E-state index >= 15 is 0 Å². The van der Waals surface area contributed by atoms with Gasteiger partial charge in [-0.15, -0.1) is 0 Å². The largest absolute Gasteiger partial charge is 0.457 e. The van der Waals surface area contributed by atoms with E-state index in [4.69, 9.17) is 16.3 Å². The molecule has 0 aliphatic heterocycles. The fourth-order valence-corrected chi connectivity index (χ4v) is 2.64. The van der Waals surface area contributed by atoms with Crippen LogP contribution in [0.3, 0.4) is 0 Å². The van der Waals surface area contributed by atoms with Gasteiger partial charge in [0.05, 0.1) is 0 Å². The molecule has 0 atom stereocenters. The first-order chi connectivity index (χ1) is 12.0. The van der Waals surface area contributed by atoms with Gasteiger partial charge in [0.2, 0.25) is 0 Å². The van der Waals surface area contributed by atoms with Crippen LogP contribution in [0.5, 0.6) is 11.5 Å². The van der Waals surface area contributed by atoms with Crippen LogP contribution in [0.15, 0.2) is 66.7 Å². The maximum atomic E-state index is 12.4. The average molecular weight is 352 g/mol. The lowest BCUT2D eigenvalue weighted by Crippen LogP contribution is -2.13. The van der Waals surface area contributed by atoms with Crippen LogP contribution in [0.2, 0.25) is 5.02 Å². The van der Waals surface area contributed by atoms with E-state index in [0.717, 1.165) is 11.1 Å². The number of halogens is 1. The van der Waals surface area contributed by atoms with Crippen molar-refractivity contribution in [2.75, 3.05) is 5.32 Å². The third-order valence-corrected chi connectivity index (χ3v) is 4.04. The predicted molar refractivity (Wildman–Crippen MR) is 102 cm³/mol. The fraction of sp³-hybridized carbons (Fsp3) is 0.0952. The molecule has 0 radical (unpaired) electrons. The van der Waals surface area contributed by atoms with Crippen molar-refractivity contribution in [1.29, 1.82) is 0 Å². The van der Waals surface area contributed by atoms with Crippen molar-refractivity contribution in [3.8, 4) is 11.5 Å².